The van der Waals surface area contributed by atoms with E-state index < -0.39 is 5.54 Å². The molecule has 1 amide bonds. The molecule has 3 N–H and O–H groups in total. The van der Waals surface area contributed by atoms with Gasteiger partial charge in [0.05, 0.1) is 12.6 Å². The summed E-state index contributed by atoms with van der Waals surface area (Å²) in [6.07, 6.45) is 2.06. The molecule has 5 heteroatoms. The zero-order valence-electron chi connectivity index (χ0n) is 9.99. The Morgan fingerprint density at radius 2 is 2.31 bits per heavy atom. The van der Waals surface area contributed by atoms with E-state index in [0.717, 1.165) is 12.8 Å². The van der Waals surface area contributed by atoms with E-state index in [4.69, 9.17) is 11.0 Å². The molecule has 1 unspecified atom stereocenters. The fourth-order valence-corrected chi connectivity index (χ4v) is 1.76. The van der Waals surface area contributed by atoms with Crippen LogP contribution in [-0.2, 0) is 4.79 Å². The summed E-state index contributed by atoms with van der Waals surface area (Å²) in [6.45, 7) is 3.30. The molecule has 0 heterocycles. The fraction of sp³-hybridized carbons (Fsp3) is 0.818. The molecule has 0 bridgehead atoms. The quantitative estimate of drug-likeness (QED) is 0.648. The molecular formula is C11H20N4O. The lowest BCUT2D eigenvalue weighted by atomic mass is 9.98. The van der Waals surface area contributed by atoms with Crippen LogP contribution in [-0.4, -0.2) is 43.0 Å². The molecule has 0 aromatic carbocycles. The maximum absolute atomic E-state index is 11.7. The standard InChI is InChI=1S/C11H20N4O/c1-11(8-13,9-3-4-9)14-10(16)7-15(2)6-5-12/h9H,3-7,12H2,1-2H3,(H,14,16). The molecule has 0 saturated heterocycles. The first-order chi connectivity index (χ1) is 7.51. The second-order valence-electron chi connectivity index (χ2n) is 4.66. The SMILES string of the molecule is CN(CCN)CC(=O)NC(C)(C#N)C1CC1. The zero-order chi connectivity index (χ0) is 12.2. The highest BCUT2D eigenvalue weighted by atomic mass is 16.2. The maximum atomic E-state index is 11.7. The summed E-state index contributed by atoms with van der Waals surface area (Å²) >= 11 is 0. The van der Waals surface area contributed by atoms with Crippen LogP contribution in [0.25, 0.3) is 0 Å². The first kappa shape index (κ1) is 12.9. The molecular weight excluding hydrogens is 204 g/mol. The Labute approximate surface area is 96.6 Å². The highest BCUT2D eigenvalue weighted by Gasteiger charge is 2.42. The van der Waals surface area contributed by atoms with E-state index in [-0.39, 0.29) is 5.91 Å². The summed E-state index contributed by atoms with van der Waals surface area (Å²) in [7, 11) is 1.84. The van der Waals surface area contributed by atoms with E-state index >= 15 is 0 Å². The lowest BCUT2D eigenvalue weighted by Gasteiger charge is -2.24. The van der Waals surface area contributed by atoms with Crippen LogP contribution < -0.4 is 11.1 Å². The molecule has 0 aliphatic heterocycles. The van der Waals surface area contributed by atoms with Gasteiger partial charge in [-0.05, 0) is 32.7 Å². The largest absolute Gasteiger partial charge is 0.337 e. The van der Waals surface area contributed by atoms with Gasteiger partial charge in [0.2, 0.25) is 5.91 Å². The van der Waals surface area contributed by atoms with Gasteiger partial charge in [-0.15, -0.1) is 0 Å². The summed E-state index contributed by atoms with van der Waals surface area (Å²) in [5, 5.41) is 11.9. The van der Waals surface area contributed by atoms with Crippen LogP contribution in [0.1, 0.15) is 19.8 Å². The minimum Gasteiger partial charge on any atom is -0.337 e. The van der Waals surface area contributed by atoms with E-state index in [1.54, 1.807) is 6.92 Å². The molecule has 1 fully saturated rings. The number of nitrogens with two attached hydrogens (primary N) is 1. The average Bonchev–Trinajstić information content (AvgIpc) is 3.00. The second kappa shape index (κ2) is 5.28. The van der Waals surface area contributed by atoms with Gasteiger partial charge in [-0.3, -0.25) is 9.69 Å². The molecule has 90 valence electrons. The minimum absolute atomic E-state index is 0.105. The van der Waals surface area contributed by atoms with Crippen LogP contribution >= 0.6 is 0 Å². The molecule has 16 heavy (non-hydrogen) atoms. The monoisotopic (exact) mass is 224 g/mol. The second-order valence-corrected chi connectivity index (χ2v) is 4.66. The van der Waals surface area contributed by atoms with Crippen molar-refractivity contribution in [2.75, 3.05) is 26.7 Å². The first-order valence-electron chi connectivity index (χ1n) is 5.62. The lowest BCUT2D eigenvalue weighted by molar-refractivity contribution is -0.123. The van der Waals surface area contributed by atoms with E-state index in [9.17, 15) is 4.79 Å². The van der Waals surface area contributed by atoms with Crippen molar-refractivity contribution in [2.24, 2.45) is 11.7 Å². The predicted octanol–water partition coefficient (Wildman–Crippen LogP) is -0.315. The Morgan fingerprint density at radius 1 is 1.69 bits per heavy atom. The number of hydrogen-bond donors (Lipinski definition) is 2. The van der Waals surface area contributed by atoms with Crippen molar-refractivity contribution in [1.82, 2.24) is 10.2 Å². The number of likely N-dealkylation sites (N-methyl/N-ethyl adjacent to an activating group) is 1. The third-order valence-electron chi connectivity index (χ3n) is 2.95. The summed E-state index contributed by atoms with van der Waals surface area (Å²) in [4.78, 5) is 13.5. The summed E-state index contributed by atoms with van der Waals surface area (Å²) in [5.41, 5.74) is 4.70. The van der Waals surface area contributed by atoms with Gasteiger partial charge in [-0.2, -0.15) is 5.26 Å². The Hall–Kier alpha value is -1.12. The summed E-state index contributed by atoms with van der Waals surface area (Å²) in [5.74, 6) is 0.216. The van der Waals surface area contributed by atoms with Crippen molar-refractivity contribution >= 4 is 5.91 Å². The number of carbonyl (C=O) groups is 1. The molecule has 0 radical (unpaired) electrons. The zero-order valence-corrected chi connectivity index (χ0v) is 9.99. The summed E-state index contributed by atoms with van der Waals surface area (Å²) in [6, 6.07) is 2.20. The Kier molecular flexibility index (Phi) is 4.27. The van der Waals surface area contributed by atoms with Gasteiger partial charge in [0.1, 0.15) is 5.54 Å². The molecule has 0 aromatic heterocycles. The Balaban J connectivity index is 2.41. The van der Waals surface area contributed by atoms with Crippen molar-refractivity contribution in [3.8, 4) is 6.07 Å². The van der Waals surface area contributed by atoms with Gasteiger partial charge < -0.3 is 11.1 Å². The molecule has 0 spiro atoms. The molecule has 0 aromatic rings. The van der Waals surface area contributed by atoms with Gasteiger partial charge in [0.15, 0.2) is 0 Å². The lowest BCUT2D eigenvalue weighted by Crippen LogP contribution is -2.50. The minimum atomic E-state index is -0.694. The molecule has 1 atom stereocenters. The Bertz CT molecular complexity index is 295. The highest BCUT2D eigenvalue weighted by molar-refractivity contribution is 5.79. The van der Waals surface area contributed by atoms with Gasteiger partial charge in [0.25, 0.3) is 0 Å². The number of amides is 1. The fourth-order valence-electron chi connectivity index (χ4n) is 1.76. The van der Waals surface area contributed by atoms with Gasteiger partial charge in [0, 0.05) is 13.1 Å². The van der Waals surface area contributed by atoms with Gasteiger partial charge >= 0.3 is 0 Å². The number of carbonyl (C=O) groups excluding carboxylic acids is 1. The average molecular weight is 224 g/mol. The molecule has 1 saturated carbocycles. The van der Waals surface area contributed by atoms with Crippen LogP contribution in [0.15, 0.2) is 0 Å². The van der Waals surface area contributed by atoms with E-state index in [0.29, 0.717) is 25.6 Å². The van der Waals surface area contributed by atoms with Crippen molar-refractivity contribution in [3.63, 3.8) is 0 Å². The molecule has 1 aliphatic carbocycles. The maximum Gasteiger partial charge on any atom is 0.235 e. The topological polar surface area (TPSA) is 82.2 Å². The van der Waals surface area contributed by atoms with Gasteiger partial charge in [-0.25, -0.2) is 0 Å². The Morgan fingerprint density at radius 3 is 2.75 bits per heavy atom. The normalized spacial score (nSPS) is 18.9. The van der Waals surface area contributed by atoms with Crippen molar-refractivity contribution in [2.45, 2.75) is 25.3 Å². The van der Waals surface area contributed by atoms with Crippen LogP contribution in [0.2, 0.25) is 0 Å². The summed E-state index contributed by atoms with van der Waals surface area (Å²) < 4.78 is 0. The number of nitrogens with zero attached hydrogens (tertiary/aromatic N) is 2. The van der Waals surface area contributed by atoms with Crippen molar-refractivity contribution < 1.29 is 4.79 Å². The van der Waals surface area contributed by atoms with Crippen molar-refractivity contribution in [3.05, 3.63) is 0 Å². The molecule has 1 aliphatic rings. The third kappa shape index (κ3) is 3.47. The smallest absolute Gasteiger partial charge is 0.235 e. The number of nitrogens with one attached hydrogen (secondary N) is 1. The van der Waals surface area contributed by atoms with Gasteiger partial charge in [-0.1, -0.05) is 0 Å². The van der Waals surface area contributed by atoms with Crippen molar-refractivity contribution in [1.29, 1.82) is 5.26 Å². The number of rotatable bonds is 6. The third-order valence-corrected chi connectivity index (χ3v) is 2.95. The van der Waals surface area contributed by atoms with E-state index in [1.807, 2.05) is 11.9 Å². The predicted molar refractivity (Wildman–Crippen MR) is 61.4 cm³/mol. The van der Waals surface area contributed by atoms with E-state index in [1.165, 1.54) is 0 Å². The van der Waals surface area contributed by atoms with Crippen LogP contribution in [0.5, 0.6) is 0 Å². The van der Waals surface area contributed by atoms with Crippen LogP contribution in [0.4, 0.5) is 0 Å². The first-order valence-corrected chi connectivity index (χ1v) is 5.62. The van der Waals surface area contributed by atoms with Crippen LogP contribution in [0, 0.1) is 17.2 Å². The van der Waals surface area contributed by atoms with E-state index in [2.05, 4.69) is 11.4 Å². The molecule has 1 rings (SSSR count). The molecule has 5 nitrogen and oxygen atoms in total. The highest BCUT2D eigenvalue weighted by Crippen LogP contribution is 2.39. The number of nitriles is 1. The number of hydrogen-bond acceptors (Lipinski definition) is 4. The van der Waals surface area contributed by atoms with Crippen LogP contribution in [0.3, 0.4) is 0 Å².